The second kappa shape index (κ2) is 7.02. The normalized spacial score (nSPS) is 11.9. The lowest BCUT2D eigenvalue weighted by Gasteiger charge is -2.16. The number of nitrogen functional groups attached to an aromatic ring is 1. The van der Waals surface area contributed by atoms with Crippen molar-refractivity contribution >= 4 is 27.5 Å². The molecule has 1 aromatic heterocycles. The van der Waals surface area contributed by atoms with Crippen molar-refractivity contribution in [2.75, 3.05) is 24.3 Å². The summed E-state index contributed by atoms with van der Waals surface area (Å²) in [5, 5.41) is 0. The van der Waals surface area contributed by atoms with Gasteiger partial charge in [0.1, 0.15) is 0 Å². The van der Waals surface area contributed by atoms with Gasteiger partial charge in [-0.25, -0.2) is 12.7 Å². The molecule has 7 heteroatoms. The molecule has 1 aromatic carbocycles. The topological polar surface area (TPSA) is 76.5 Å². The van der Waals surface area contributed by atoms with Gasteiger partial charge >= 0.3 is 0 Å². The van der Waals surface area contributed by atoms with E-state index in [1.54, 1.807) is 19.4 Å². The van der Waals surface area contributed by atoms with E-state index in [-0.39, 0.29) is 5.75 Å². The summed E-state index contributed by atoms with van der Waals surface area (Å²) in [6.45, 7) is 0.325. The van der Waals surface area contributed by atoms with Gasteiger partial charge in [-0.05, 0) is 30.3 Å². The summed E-state index contributed by atoms with van der Waals surface area (Å²) < 4.78 is 30.6. The average Bonchev–Trinajstić information content (AvgIpc) is 2.94. The van der Waals surface area contributed by atoms with Crippen LogP contribution in [-0.4, -0.2) is 31.3 Å². The Bertz CT molecular complexity index is 652. The molecule has 0 radical (unpaired) electrons. The quantitative estimate of drug-likeness (QED) is 0.624. The molecule has 5 nitrogen and oxygen atoms in total. The number of rotatable bonds is 7. The van der Waals surface area contributed by atoms with E-state index < -0.39 is 10.0 Å². The van der Waals surface area contributed by atoms with Gasteiger partial charge in [-0.1, -0.05) is 0 Å². The molecular formula is C14H18N2O3S2. The van der Waals surface area contributed by atoms with Crippen molar-refractivity contribution in [2.45, 2.75) is 11.4 Å². The summed E-state index contributed by atoms with van der Waals surface area (Å²) >= 11 is 1.50. The molecule has 114 valence electrons. The third-order valence-electron chi connectivity index (χ3n) is 2.95. The fourth-order valence-corrected chi connectivity index (χ4v) is 4.12. The van der Waals surface area contributed by atoms with E-state index in [9.17, 15) is 8.42 Å². The van der Waals surface area contributed by atoms with E-state index in [2.05, 4.69) is 0 Å². The largest absolute Gasteiger partial charge is 0.472 e. The number of sulfonamides is 1. The van der Waals surface area contributed by atoms with Gasteiger partial charge in [0.25, 0.3) is 0 Å². The molecule has 2 aromatic rings. The molecular weight excluding hydrogens is 308 g/mol. The Morgan fingerprint density at radius 1 is 1.24 bits per heavy atom. The fourth-order valence-electron chi connectivity index (χ4n) is 1.72. The van der Waals surface area contributed by atoms with Gasteiger partial charge in [0.05, 0.1) is 18.3 Å². The van der Waals surface area contributed by atoms with Crippen LogP contribution in [0.1, 0.15) is 5.56 Å². The van der Waals surface area contributed by atoms with Gasteiger partial charge in [-0.3, -0.25) is 0 Å². The highest BCUT2D eigenvalue weighted by atomic mass is 32.2. The van der Waals surface area contributed by atoms with Crippen LogP contribution in [0.4, 0.5) is 5.69 Å². The highest BCUT2D eigenvalue weighted by Gasteiger charge is 2.18. The van der Waals surface area contributed by atoms with Crippen LogP contribution in [0.3, 0.4) is 0 Å². The van der Waals surface area contributed by atoms with Crippen LogP contribution in [0.15, 0.2) is 52.2 Å². The Morgan fingerprint density at radius 2 is 1.95 bits per heavy atom. The predicted molar refractivity (Wildman–Crippen MR) is 85.5 cm³/mol. The van der Waals surface area contributed by atoms with Crippen molar-refractivity contribution in [1.82, 2.24) is 4.31 Å². The molecule has 2 N–H and O–H groups in total. The lowest BCUT2D eigenvalue weighted by atomic mass is 10.3. The molecule has 0 atom stereocenters. The third kappa shape index (κ3) is 4.80. The molecule has 0 saturated carbocycles. The zero-order chi connectivity index (χ0) is 15.3. The minimum atomic E-state index is -3.27. The Kier molecular flexibility index (Phi) is 5.33. The van der Waals surface area contributed by atoms with E-state index in [1.807, 2.05) is 24.3 Å². The van der Waals surface area contributed by atoms with Gasteiger partial charge in [-0.15, -0.1) is 11.8 Å². The van der Waals surface area contributed by atoms with E-state index in [1.165, 1.54) is 22.3 Å². The zero-order valence-electron chi connectivity index (χ0n) is 11.7. The third-order valence-corrected chi connectivity index (χ3v) is 6.02. The SMILES string of the molecule is CN(Cc1ccoc1)S(=O)(=O)CCSc1ccc(N)cc1. The molecule has 0 unspecified atom stereocenters. The number of hydrogen-bond acceptors (Lipinski definition) is 5. The molecule has 2 rings (SSSR count). The van der Waals surface area contributed by atoms with Gasteiger partial charge in [0, 0.05) is 35.5 Å². The number of hydrogen-bond donors (Lipinski definition) is 1. The van der Waals surface area contributed by atoms with E-state index in [4.69, 9.17) is 10.2 Å². The summed E-state index contributed by atoms with van der Waals surface area (Å²) in [7, 11) is -1.69. The fraction of sp³-hybridized carbons (Fsp3) is 0.286. The highest BCUT2D eigenvalue weighted by molar-refractivity contribution is 8.00. The van der Waals surface area contributed by atoms with Crippen LogP contribution >= 0.6 is 11.8 Å². The average molecular weight is 326 g/mol. The van der Waals surface area contributed by atoms with Gasteiger partial charge in [0.15, 0.2) is 0 Å². The molecule has 0 amide bonds. The van der Waals surface area contributed by atoms with Gasteiger partial charge < -0.3 is 10.2 Å². The number of nitrogens with zero attached hydrogens (tertiary/aromatic N) is 1. The van der Waals surface area contributed by atoms with Crippen LogP contribution in [0, 0.1) is 0 Å². The maximum Gasteiger partial charge on any atom is 0.214 e. The number of thioether (sulfide) groups is 1. The number of furan rings is 1. The van der Waals surface area contributed by atoms with Crippen molar-refractivity contribution in [1.29, 1.82) is 0 Å². The summed E-state index contributed by atoms with van der Waals surface area (Å²) in [4.78, 5) is 1.01. The molecule has 0 aliphatic carbocycles. The molecule has 0 bridgehead atoms. The van der Waals surface area contributed by atoms with Gasteiger partial charge in [-0.2, -0.15) is 0 Å². The Hall–Kier alpha value is -1.44. The van der Waals surface area contributed by atoms with Crippen molar-refractivity contribution < 1.29 is 12.8 Å². The predicted octanol–water partition coefficient (Wildman–Crippen LogP) is 2.42. The standard InChI is InChI=1S/C14H18N2O3S2/c1-16(10-12-6-7-19-11-12)21(17,18)9-8-20-14-4-2-13(15)3-5-14/h2-7,11H,8-10,15H2,1H3. The molecule has 0 saturated heterocycles. The zero-order valence-corrected chi connectivity index (χ0v) is 13.4. The molecule has 1 heterocycles. The van der Waals surface area contributed by atoms with E-state index in [0.29, 0.717) is 18.0 Å². The second-order valence-corrected chi connectivity index (χ2v) is 7.98. The van der Waals surface area contributed by atoms with Crippen molar-refractivity contribution in [3.63, 3.8) is 0 Å². The van der Waals surface area contributed by atoms with Crippen LogP contribution in [-0.2, 0) is 16.6 Å². The van der Waals surface area contributed by atoms with E-state index >= 15 is 0 Å². The number of anilines is 1. The molecule has 0 spiro atoms. The van der Waals surface area contributed by atoms with Crippen LogP contribution in [0.2, 0.25) is 0 Å². The van der Waals surface area contributed by atoms with Crippen LogP contribution in [0.5, 0.6) is 0 Å². The maximum atomic E-state index is 12.2. The first kappa shape index (κ1) is 15.9. The van der Waals surface area contributed by atoms with E-state index in [0.717, 1.165) is 10.5 Å². The molecule has 0 aliphatic heterocycles. The first-order chi connectivity index (χ1) is 9.97. The Labute approximate surface area is 129 Å². The lowest BCUT2D eigenvalue weighted by molar-refractivity contribution is 0.464. The minimum absolute atomic E-state index is 0.0936. The molecule has 0 fully saturated rings. The lowest BCUT2D eigenvalue weighted by Crippen LogP contribution is -2.29. The summed E-state index contributed by atoms with van der Waals surface area (Å²) in [5.41, 5.74) is 7.15. The monoisotopic (exact) mass is 326 g/mol. The Morgan fingerprint density at radius 3 is 2.57 bits per heavy atom. The first-order valence-electron chi connectivity index (χ1n) is 6.41. The first-order valence-corrected chi connectivity index (χ1v) is 9.00. The summed E-state index contributed by atoms with van der Waals surface area (Å²) in [5.74, 6) is 0.596. The van der Waals surface area contributed by atoms with Crippen LogP contribution in [0.25, 0.3) is 0 Å². The number of nitrogens with two attached hydrogens (primary N) is 1. The smallest absolute Gasteiger partial charge is 0.214 e. The highest BCUT2D eigenvalue weighted by Crippen LogP contribution is 2.20. The van der Waals surface area contributed by atoms with Crippen molar-refractivity contribution in [3.05, 3.63) is 48.4 Å². The summed E-state index contributed by atoms with van der Waals surface area (Å²) in [6, 6.07) is 9.16. The minimum Gasteiger partial charge on any atom is -0.472 e. The maximum absolute atomic E-state index is 12.2. The molecule has 21 heavy (non-hydrogen) atoms. The Balaban J connectivity index is 1.84. The van der Waals surface area contributed by atoms with Crippen molar-refractivity contribution in [3.8, 4) is 0 Å². The number of benzene rings is 1. The van der Waals surface area contributed by atoms with Crippen molar-refractivity contribution in [2.24, 2.45) is 0 Å². The van der Waals surface area contributed by atoms with Gasteiger partial charge in [0.2, 0.25) is 10.0 Å². The summed E-state index contributed by atoms with van der Waals surface area (Å²) in [6.07, 6.45) is 3.09. The second-order valence-electron chi connectivity index (χ2n) is 4.62. The molecule has 0 aliphatic rings. The van der Waals surface area contributed by atoms with Crippen LogP contribution < -0.4 is 5.73 Å².